The van der Waals surface area contributed by atoms with Crippen molar-refractivity contribution in [1.82, 2.24) is 0 Å². The molecule has 0 heterocycles. The Bertz CT molecular complexity index is 1180. The maximum Gasteiger partial charge on any atom is 0.471 e. The Morgan fingerprint density at radius 1 is 0.550 bits per heavy atom. The molecule has 0 saturated heterocycles. The topological polar surface area (TPSA) is 63.6 Å². The summed E-state index contributed by atoms with van der Waals surface area (Å²) in [6, 6.07) is 2.50. The third-order valence-electron chi connectivity index (χ3n) is 5.52. The van der Waals surface area contributed by atoms with Crippen molar-refractivity contribution in [3.63, 3.8) is 0 Å². The second kappa shape index (κ2) is 9.49. The van der Waals surface area contributed by atoms with Gasteiger partial charge < -0.3 is 4.74 Å². The predicted octanol–water partition coefficient (Wildman–Crippen LogP) is 7.91. The van der Waals surface area contributed by atoms with Crippen molar-refractivity contribution in [2.45, 2.75) is 93.3 Å². The van der Waals surface area contributed by atoms with Gasteiger partial charge in [0.15, 0.2) is 0 Å². The number of hydrogen-bond acceptors (Lipinski definition) is 3. The fourth-order valence-corrected chi connectivity index (χ4v) is 3.31. The number of benzene rings is 1. The zero-order chi connectivity index (χ0) is 32.6. The minimum absolute atomic E-state index is 0.0322. The van der Waals surface area contributed by atoms with Crippen LogP contribution in [0.1, 0.15) is 52.7 Å². The van der Waals surface area contributed by atoms with E-state index in [1.54, 1.807) is 0 Å². The van der Waals surface area contributed by atoms with Gasteiger partial charge in [0.2, 0.25) is 0 Å². The molecule has 0 aliphatic heterocycles. The number of halogens is 14. The minimum Gasteiger partial charge on any atom is -0.428 e. The van der Waals surface area contributed by atoms with E-state index in [9.17, 15) is 69.9 Å². The summed E-state index contributed by atoms with van der Waals surface area (Å²) in [6.45, 7) is 8.78. The van der Waals surface area contributed by atoms with Gasteiger partial charge >= 0.3 is 51.1 Å². The van der Waals surface area contributed by atoms with Crippen LogP contribution in [-0.2, 0) is 20.9 Å². The van der Waals surface area contributed by atoms with Gasteiger partial charge in [-0.15, -0.1) is 0 Å². The second-order valence-corrected chi connectivity index (χ2v) is 12.2. The normalized spacial score (nSPS) is 15.8. The number of alkyl halides is 14. The van der Waals surface area contributed by atoms with Crippen molar-refractivity contribution in [2.75, 3.05) is 0 Å². The first kappa shape index (κ1) is 36.0. The average molecular weight is 636 g/mol. The summed E-state index contributed by atoms with van der Waals surface area (Å²) in [6.07, 6.45) is -6.91. The first-order chi connectivity index (χ1) is 17.0. The highest BCUT2D eigenvalue weighted by Crippen LogP contribution is 2.62. The highest BCUT2D eigenvalue weighted by molar-refractivity contribution is 7.87. The molecule has 0 radical (unpaired) electrons. The number of hydrogen-bond donors (Lipinski definition) is 1. The van der Waals surface area contributed by atoms with Gasteiger partial charge in [-0.25, -0.2) is 0 Å². The van der Waals surface area contributed by atoms with Crippen LogP contribution in [0.4, 0.5) is 61.5 Å². The van der Waals surface area contributed by atoms with E-state index in [0.717, 1.165) is 0 Å². The van der Waals surface area contributed by atoms with Crippen molar-refractivity contribution in [2.24, 2.45) is 0 Å². The molecule has 234 valence electrons. The monoisotopic (exact) mass is 636 g/mol. The SMILES string of the molecule is CC(C)(C)c1cc(OC(F)(F)C(F)(F)C(F)(F)C(F)(F)C(F)(F)C(F)(F)C(F)(F)S(=O)(=O)O)cc(C(C)(C)C)c1. The Morgan fingerprint density at radius 3 is 1.15 bits per heavy atom. The summed E-state index contributed by atoms with van der Waals surface area (Å²) in [5.41, 5.74) is -1.88. The van der Waals surface area contributed by atoms with Gasteiger partial charge in [0.25, 0.3) is 0 Å². The highest BCUT2D eigenvalue weighted by Gasteiger charge is 2.95. The summed E-state index contributed by atoms with van der Waals surface area (Å²) >= 11 is 0. The molecule has 0 aliphatic rings. The molecule has 0 bridgehead atoms. The van der Waals surface area contributed by atoms with Crippen LogP contribution in [0.15, 0.2) is 18.2 Å². The van der Waals surface area contributed by atoms with E-state index >= 15 is 0 Å². The van der Waals surface area contributed by atoms with Crippen molar-refractivity contribution in [3.05, 3.63) is 29.3 Å². The van der Waals surface area contributed by atoms with Gasteiger partial charge in [0.05, 0.1) is 0 Å². The van der Waals surface area contributed by atoms with Crippen LogP contribution in [-0.4, -0.2) is 53.9 Å². The zero-order valence-electron chi connectivity index (χ0n) is 21.1. The molecule has 0 unspecified atom stereocenters. The molecule has 0 amide bonds. The lowest BCUT2D eigenvalue weighted by molar-refractivity contribution is -0.453. The first-order valence-electron chi connectivity index (χ1n) is 10.5. The maximum atomic E-state index is 14.4. The van der Waals surface area contributed by atoms with Gasteiger partial charge in [-0.2, -0.15) is 69.9 Å². The van der Waals surface area contributed by atoms with E-state index in [1.165, 1.54) is 47.6 Å². The van der Waals surface area contributed by atoms with Crippen LogP contribution in [0.2, 0.25) is 0 Å². The molecular weight excluding hydrogens is 614 g/mol. The molecule has 0 aromatic heterocycles. The molecule has 0 atom stereocenters. The predicted molar refractivity (Wildman–Crippen MR) is 111 cm³/mol. The molecule has 0 saturated carbocycles. The van der Waals surface area contributed by atoms with Crippen molar-refractivity contribution < 1.29 is 79.2 Å². The van der Waals surface area contributed by atoms with E-state index in [2.05, 4.69) is 4.74 Å². The standard InChI is InChI=1S/C21H22F14O4S/c1-13(2,3)10-7-11(14(4,5)6)9-12(8-10)39-20(32,33)18(28,29)16(24,25)15(22,23)17(26,27)19(30,31)21(34,35)40(36,37)38/h7-9H,1-6H3,(H,36,37,38). The molecule has 0 fully saturated rings. The molecule has 1 aromatic rings. The number of ether oxygens (including phenoxy) is 1. The van der Waals surface area contributed by atoms with E-state index in [-0.39, 0.29) is 11.1 Å². The Labute approximate surface area is 218 Å². The molecular formula is C21H22F14O4S. The third kappa shape index (κ3) is 5.43. The summed E-state index contributed by atoms with van der Waals surface area (Å²) in [4.78, 5) is 0. The van der Waals surface area contributed by atoms with Crippen LogP contribution in [0.25, 0.3) is 0 Å². The van der Waals surface area contributed by atoms with Crippen molar-refractivity contribution >= 4 is 10.1 Å². The van der Waals surface area contributed by atoms with Crippen molar-refractivity contribution in [3.8, 4) is 5.75 Å². The van der Waals surface area contributed by atoms with Crippen LogP contribution in [0.5, 0.6) is 5.75 Å². The fourth-order valence-electron chi connectivity index (χ4n) is 2.86. The number of rotatable bonds is 9. The van der Waals surface area contributed by atoms with E-state index < -0.39 is 67.7 Å². The second-order valence-electron chi connectivity index (χ2n) is 10.7. The Hall–Kier alpha value is -2.05. The van der Waals surface area contributed by atoms with E-state index in [1.807, 2.05) is 0 Å². The zero-order valence-corrected chi connectivity index (χ0v) is 21.9. The van der Waals surface area contributed by atoms with Gasteiger partial charge in [0, 0.05) is 0 Å². The lowest BCUT2D eigenvalue weighted by Crippen LogP contribution is -2.74. The van der Waals surface area contributed by atoms with Crippen LogP contribution < -0.4 is 4.74 Å². The van der Waals surface area contributed by atoms with Gasteiger partial charge in [-0.05, 0) is 34.1 Å². The first-order valence-corrected chi connectivity index (χ1v) is 11.9. The molecule has 0 spiro atoms. The van der Waals surface area contributed by atoms with Crippen LogP contribution in [0.3, 0.4) is 0 Å². The fraction of sp³-hybridized carbons (Fsp3) is 0.714. The molecule has 0 aliphatic carbocycles. The lowest BCUT2D eigenvalue weighted by atomic mass is 9.80. The van der Waals surface area contributed by atoms with Crippen LogP contribution >= 0.6 is 0 Å². The molecule has 1 N–H and O–H groups in total. The summed E-state index contributed by atoms with van der Waals surface area (Å²) in [7, 11) is -7.79. The quantitative estimate of drug-likeness (QED) is 0.221. The minimum atomic E-state index is -8.53. The highest BCUT2D eigenvalue weighted by atomic mass is 32.2. The van der Waals surface area contributed by atoms with E-state index in [0.29, 0.717) is 12.1 Å². The molecule has 4 nitrogen and oxygen atoms in total. The molecule has 19 heteroatoms. The smallest absolute Gasteiger partial charge is 0.428 e. The molecule has 1 rings (SSSR count). The maximum absolute atomic E-state index is 14.4. The summed E-state index contributed by atoms with van der Waals surface area (Å²) in [5, 5.41) is -7.69. The Morgan fingerprint density at radius 2 is 0.850 bits per heavy atom. The van der Waals surface area contributed by atoms with Gasteiger partial charge in [-0.3, -0.25) is 4.55 Å². The Balaban J connectivity index is 3.78. The van der Waals surface area contributed by atoms with Gasteiger partial charge in [-0.1, -0.05) is 47.6 Å². The largest absolute Gasteiger partial charge is 0.471 e. The summed E-state index contributed by atoms with van der Waals surface area (Å²) < 4.78 is 227. The van der Waals surface area contributed by atoms with E-state index in [4.69, 9.17) is 4.55 Å². The summed E-state index contributed by atoms with van der Waals surface area (Å²) in [5.74, 6) is -42.9. The lowest BCUT2D eigenvalue weighted by Gasteiger charge is -2.41. The van der Waals surface area contributed by atoms with Crippen LogP contribution in [0, 0.1) is 0 Å². The molecule has 1 aromatic carbocycles. The van der Waals surface area contributed by atoms with Crippen molar-refractivity contribution in [1.29, 1.82) is 0 Å². The average Bonchev–Trinajstić information content (AvgIpc) is 2.70. The third-order valence-corrected chi connectivity index (χ3v) is 6.42. The molecule has 40 heavy (non-hydrogen) atoms. The Kier molecular flexibility index (Phi) is 8.53. The van der Waals surface area contributed by atoms with Gasteiger partial charge in [0.1, 0.15) is 5.75 Å².